The number of fused-ring (bicyclic) bond motifs is 1. The molecule has 0 atom stereocenters. The second-order valence-corrected chi connectivity index (χ2v) is 4.45. The van der Waals surface area contributed by atoms with Crippen LogP contribution in [0.5, 0.6) is 0 Å². The lowest BCUT2D eigenvalue weighted by Gasteiger charge is -2.19. The SMILES string of the molecule is COCCNC(=O)CN(C)c1nc(NN)cn2ccnc12. The van der Waals surface area contributed by atoms with Crippen LogP contribution in [-0.2, 0) is 9.53 Å². The van der Waals surface area contributed by atoms with Crippen LogP contribution in [0.1, 0.15) is 0 Å². The molecule has 0 aromatic carbocycles. The Morgan fingerprint density at radius 3 is 3.10 bits per heavy atom. The van der Waals surface area contributed by atoms with Gasteiger partial charge in [0.25, 0.3) is 0 Å². The molecule has 0 spiro atoms. The summed E-state index contributed by atoms with van der Waals surface area (Å²) in [6, 6.07) is 0. The zero-order valence-electron chi connectivity index (χ0n) is 12.0. The molecule has 0 aliphatic carbocycles. The van der Waals surface area contributed by atoms with E-state index in [4.69, 9.17) is 10.6 Å². The van der Waals surface area contributed by atoms with Crippen LogP contribution >= 0.6 is 0 Å². The first-order valence-corrected chi connectivity index (χ1v) is 6.42. The van der Waals surface area contributed by atoms with Gasteiger partial charge in [-0.25, -0.2) is 15.8 Å². The maximum Gasteiger partial charge on any atom is 0.239 e. The fourth-order valence-corrected chi connectivity index (χ4v) is 1.88. The van der Waals surface area contributed by atoms with Gasteiger partial charge in [0.15, 0.2) is 17.3 Å². The number of nitrogens with one attached hydrogen (secondary N) is 2. The van der Waals surface area contributed by atoms with E-state index in [0.29, 0.717) is 30.4 Å². The zero-order chi connectivity index (χ0) is 15.2. The molecule has 0 radical (unpaired) electrons. The molecule has 0 saturated carbocycles. The van der Waals surface area contributed by atoms with E-state index in [1.54, 1.807) is 42.0 Å². The van der Waals surface area contributed by atoms with Gasteiger partial charge in [-0.3, -0.25) is 4.79 Å². The van der Waals surface area contributed by atoms with Gasteiger partial charge in [-0.2, -0.15) is 0 Å². The molecule has 0 aliphatic rings. The van der Waals surface area contributed by atoms with Gasteiger partial charge in [0.05, 0.1) is 19.3 Å². The highest BCUT2D eigenvalue weighted by Gasteiger charge is 2.14. The van der Waals surface area contributed by atoms with Crippen molar-refractivity contribution < 1.29 is 9.53 Å². The van der Waals surface area contributed by atoms with Crippen LogP contribution in [0.4, 0.5) is 11.6 Å². The molecule has 2 rings (SSSR count). The molecule has 0 fully saturated rings. The summed E-state index contributed by atoms with van der Waals surface area (Å²) in [6.07, 6.45) is 5.17. The Kier molecular flexibility index (Phi) is 4.90. The molecule has 114 valence electrons. The molecule has 0 unspecified atom stereocenters. The molecular weight excluding hydrogens is 274 g/mol. The van der Waals surface area contributed by atoms with Crippen LogP contribution < -0.4 is 21.5 Å². The number of anilines is 2. The number of hydrogen-bond donors (Lipinski definition) is 3. The number of nitrogen functional groups attached to an aromatic ring is 1. The molecule has 2 aromatic rings. The lowest BCUT2D eigenvalue weighted by Crippen LogP contribution is -2.37. The smallest absolute Gasteiger partial charge is 0.239 e. The highest BCUT2D eigenvalue weighted by atomic mass is 16.5. The van der Waals surface area contributed by atoms with E-state index in [2.05, 4.69) is 20.7 Å². The van der Waals surface area contributed by atoms with Gasteiger partial charge in [0.1, 0.15) is 0 Å². The largest absolute Gasteiger partial charge is 0.383 e. The van der Waals surface area contributed by atoms with Crippen LogP contribution in [0.2, 0.25) is 0 Å². The van der Waals surface area contributed by atoms with Gasteiger partial charge in [-0.15, -0.1) is 0 Å². The Bertz CT molecular complexity index is 613. The van der Waals surface area contributed by atoms with E-state index < -0.39 is 0 Å². The van der Waals surface area contributed by atoms with Crippen molar-refractivity contribution in [2.24, 2.45) is 5.84 Å². The second kappa shape index (κ2) is 6.86. The van der Waals surface area contributed by atoms with Crippen molar-refractivity contribution in [1.82, 2.24) is 19.7 Å². The molecule has 21 heavy (non-hydrogen) atoms. The van der Waals surface area contributed by atoms with Crippen molar-refractivity contribution in [2.45, 2.75) is 0 Å². The lowest BCUT2D eigenvalue weighted by molar-refractivity contribution is -0.119. The first kappa shape index (κ1) is 15.0. The third kappa shape index (κ3) is 3.58. The molecule has 1 amide bonds. The number of carbonyl (C=O) groups is 1. The molecule has 4 N–H and O–H groups in total. The standard InChI is InChI=1S/C12H19N7O2/c1-18(8-10(20)14-4-6-21-2)12-11-15-3-5-19(11)7-9(16-12)17-13/h3,5,7,17H,4,6,8,13H2,1-2H3,(H,14,20). The quantitative estimate of drug-likeness (QED) is 0.349. The number of hydrazine groups is 1. The third-order valence-electron chi connectivity index (χ3n) is 2.87. The number of imidazole rings is 1. The maximum absolute atomic E-state index is 11.8. The monoisotopic (exact) mass is 293 g/mol. The van der Waals surface area contributed by atoms with Crippen molar-refractivity contribution in [1.29, 1.82) is 0 Å². The number of nitrogens with zero attached hydrogens (tertiary/aromatic N) is 4. The first-order chi connectivity index (χ1) is 10.2. The fraction of sp³-hybridized carbons (Fsp3) is 0.417. The van der Waals surface area contributed by atoms with Crippen molar-refractivity contribution in [3.8, 4) is 0 Å². The summed E-state index contributed by atoms with van der Waals surface area (Å²) in [5.74, 6) is 6.34. The van der Waals surface area contributed by atoms with Gasteiger partial charge >= 0.3 is 0 Å². The summed E-state index contributed by atoms with van der Waals surface area (Å²) in [5.41, 5.74) is 3.15. The Labute approximate surface area is 122 Å². The normalized spacial score (nSPS) is 10.6. The van der Waals surface area contributed by atoms with Crippen molar-refractivity contribution in [2.75, 3.05) is 44.2 Å². The average Bonchev–Trinajstić information content (AvgIpc) is 2.94. The van der Waals surface area contributed by atoms with Crippen LogP contribution in [0.15, 0.2) is 18.6 Å². The van der Waals surface area contributed by atoms with Gasteiger partial charge in [-0.1, -0.05) is 0 Å². The van der Waals surface area contributed by atoms with Crippen molar-refractivity contribution >= 4 is 23.2 Å². The third-order valence-corrected chi connectivity index (χ3v) is 2.87. The van der Waals surface area contributed by atoms with E-state index in [9.17, 15) is 4.79 Å². The van der Waals surface area contributed by atoms with Gasteiger partial charge < -0.3 is 24.8 Å². The summed E-state index contributed by atoms with van der Waals surface area (Å²) in [4.78, 5) is 22.1. The summed E-state index contributed by atoms with van der Waals surface area (Å²) in [7, 11) is 3.36. The zero-order valence-corrected chi connectivity index (χ0v) is 12.0. The molecule has 9 nitrogen and oxygen atoms in total. The van der Waals surface area contributed by atoms with Gasteiger partial charge in [0, 0.05) is 33.1 Å². The number of likely N-dealkylation sites (N-methyl/N-ethyl adjacent to an activating group) is 1. The maximum atomic E-state index is 11.8. The number of amides is 1. The van der Waals surface area contributed by atoms with E-state index >= 15 is 0 Å². The van der Waals surface area contributed by atoms with Crippen molar-refractivity contribution in [3.05, 3.63) is 18.6 Å². The highest BCUT2D eigenvalue weighted by Crippen LogP contribution is 2.18. The molecule has 2 heterocycles. The molecule has 9 heteroatoms. The van der Waals surface area contributed by atoms with Crippen LogP contribution in [0.25, 0.3) is 5.65 Å². The minimum atomic E-state index is -0.118. The topological polar surface area (TPSA) is 110 Å². The average molecular weight is 293 g/mol. The number of hydrogen-bond acceptors (Lipinski definition) is 7. The van der Waals surface area contributed by atoms with Crippen molar-refractivity contribution in [3.63, 3.8) is 0 Å². The number of carbonyl (C=O) groups excluding carboxylic acids is 1. The molecule has 0 saturated heterocycles. The molecular formula is C12H19N7O2. The second-order valence-electron chi connectivity index (χ2n) is 4.45. The fourth-order valence-electron chi connectivity index (χ4n) is 1.88. The van der Waals surface area contributed by atoms with Gasteiger partial charge in [0.2, 0.25) is 5.91 Å². The predicted molar refractivity (Wildman–Crippen MR) is 79.0 cm³/mol. The Morgan fingerprint density at radius 2 is 2.38 bits per heavy atom. The molecule has 0 bridgehead atoms. The number of ether oxygens (including phenoxy) is 1. The minimum Gasteiger partial charge on any atom is -0.383 e. The number of methoxy groups -OCH3 is 1. The van der Waals surface area contributed by atoms with Crippen LogP contribution in [-0.4, -0.2) is 54.1 Å². The molecule has 0 aliphatic heterocycles. The number of nitrogens with two attached hydrogens (primary N) is 1. The van der Waals surface area contributed by atoms with E-state index in [1.165, 1.54) is 0 Å². The Balaban J connectivity index is 2.13. The number of rotatable bonds is 7. The Hall–Kier alpha value is -2.39. The first-order valence-electron chi connectivity index (χ1n) is 6.42. The van der Waals surface area contributed by atoms with Crippen LogP contribution in [0, 0.1) is 0 Å². The summed E-state index contributed by atoms with van der Waals surface area (Å²) in [6.45, 7) is 1.11. The highest BCUT2D eigenvalue weighted by molar-refractivity contribution is 5.82. The van der Waals surface area contributed by atoms with E-state index in [1.807, 2.05) is 0 Å². The summed E-state index contributed by atoms with van der Waals surface area (Å²) >= 11 is 0. The lowest BCUT2D eigenvalue weighted by atomic mass is 10.4. The van der Waals surface area contributed by atoms with Crippen LogP contribution in [0.3, 0.4) is 0 Å². The molecule has 2 aromatic heterocycles. The van der Waals surface area contributed by atoms with Gasteiger partial charge in [-0.05, 0) is 0 Å². The predicted octanol–water partition coefficient (Wildman–Crippen LogP) is -0.786. The Morgan fingerprint density at radius 1 is 1.57 bits per heavy atom. The van der Waals surface area contributed by atoms with E-state index in [-0.39, 0.29) is 12.5 Å². The summed E-state index contributed by atoms with van der Waals surface area (Å²) < 4.78 is 6.67. The summed E-state index contributed by atoms with van der Waals surface area (Å²) in [5, 5.41) is 2.75. The number of aromatic nitrogens is 3. The minimum absolute atomic E-state index is 0.118. The van der Waals surface area contributed by atoms with E-state index in [0.717, 1.165) is 0 Å².